The summed E-state index contributed by atoms with van der Waals surface area (Å²) in [6, 6.07) is 15.5. The number of nitrogens with two attached hydrogens (primary N) is 1. The molecule has 3 N–H and O–H groups in total. The summed E-state index contributed by atoms with van der Waals surface area (Å²) in [5.74, 6) is -0.513. The number of nitrogens with one attached hydrogen (secondary N) is 1. The number of hydrogen-bond donors (Lipinski definition) is 2. The molecule has 8 heteroatoms. The molecule has 0 fully saturated rings. The van der Waals surface area contributed by atoms with Crippen LogP contribution in [0.4, 0.5) is 0 Å². The number of benzene rings is 2. The first-order chi connectivity index (χ1) is 13.8. The molecule has 6 nitrogen and oxygen atoms in total. The molecule has 0 saturated carbocycles. The molecule has 2 aromatic heterocycles. The quantitative estimate of drug-likeness (QED) is 0.487. The lowest BCUT2D eigenvalue weighted by molar-refractivity contribution is -0.122. The van der Waals surface area contributed by atoms with Crippen molar-refractivity contribution < 1.29 is 14.3 Å². The Morgan fingerprint density at radius 1 is 1.07 bits per heavy atom. The van der Waals surface area contributed by atoms with Gasteiger partial charge < -0.3 is 15.8 Å². The Hall–Kier alpha value is -2.97. The van der Waals surface area contributed by atoms with Crippen molar-refractivity contribution in [2.24, 2.45) is 5.73 Å². The predicted octanol–water partition coefficient (Wildman–Crippen LogP) is 4.08. The summed E-state index contributed by atoms with van der Waals surface area (Å²) in [7, 11) is 0. The van der Waals surface area contributed by atoms with Gasteiger partial charge in [0.2, 0.25) is 5.91 Å². The van der Waals surface area contributed by atoms with Gasteiger partial charge in [-0.05, 0) is 38.1 Å². The molecule has 0 unspecified atom stereocenters. The van der Waals surface area contributed by atoms with Crippen molar-refractivity contribution in [2.45, 2.75) is 26.0 Å². The maximum Gasteiger partial charge on any atom is 0.266 e. The van der Waals surface area contributed by atoms with E-state index in [0.717, 1.165) is 25.3 Å². The molecule has 0 saturated heterocycles. The third kappa shape index (κ3) is 3.81. The number of rotatable bonds is 6. The molecule has 4 rings (SSSR count). The van der Waals surface area contributed by atoms with E-state index in [0.29, 0.717) is 10.6 Å². The number of nitrogens with zero attached hydrogens (tertiary/aromatic N) is 1. The zero-order chi connectivity index (χ0) is 20.6. The minimum absolute atomic E-state index is 0.250. The maximum atomic E-state index is 12.9. The van der Waals surface area contributed by atoms with Gasteiger partial charge in [-0.15, -0.1) is 22.7 Å². The monoisotopic (exact) mass is 425 g/mol. The summed E-state index contributed by atoms with van der Waals surface area (Å²) in [6.07, 6.45) is 0. The Bertz CT molecular complexity index is 1190. The highest BCUT2D eigenvalue weighted by molar-refractivity contribution is 7.21. The highest BCUT2D eigenvalue weighted by Crippen LogP contribution is 2.38. The fourth-order valence-corrected chi connectivity index (χ4v) is 4.76. The summed E-state index contributed by atoms with van der Waals surface area (Å²) < 4.78 is 8.09. The molecule has 0 atom stereocenters. The zero-order valence-corrected chi connectivity index (χ0v) is 17.5. The van der Waals surface area contributed by atoms with Gasteiger partial charge >= 0.3 is 0 Å². The van der Waals surface area contributed by atoms with Crippen molar-refractivity contribution in [2.75, 3.05) is 0 Å². The minimum atomic E-state index is -1.17. The second-order valence-corrected chi connectivity index (χ2v) is 9.23. The van der Waals surface area contributed by atoms with E-state index in [-0.39, 0.29) is 6.61 Å². The molecule has 0 radical (unpaired) electrons. The molecule has 4 aromatic rings. The van der Waals surface area contributed by atoms with Crippen LogP contribution in [-0.4, -0.2) is 22.3 Å². The first-order valence-corrected chi connectivity index (χ1v) is 10.6. The van der Waals surface area contributed by atoms with E-state index < -0.39 is 17.4 Å². The summed E-state index contributed by atoms with van der Waals surface area (Å²) in [5, 5.41) is 4.37. The van der Waals surface area contributed by atoms with Crippen LogP contribution in [-0.2, 0) is 11.4 Å². The van der Waals surface area contributed by atoms with Gasteiger partial charge in [0.1, 0.15) is 22.0 Å². The molecule has 29 heavy (non-hydrogen) atoms. The van der Waals surface area contributed by atoms with Crippen molar-refractivity contribution in [1.29, 1.82) is 0 Å². The van der Waals surface area contributed by atoms with E-state index in [1.807, 2.05) is 48.5 Å². The van der Waals surface area contributed by atoms with Gasteiger partial charge in [0.05, 0.1) is 10.2 Å². The number of amides is 2. The van der Waals surface area contributed by atoms with E-state index in [1.54, 1.807) is 25.2 Å². The normalized spacial score (nSPS) is 11.7. The highest BCUT2D eigenvalue weighted by atomic mass is 32.1. The Labute approximate surface area is 175 Å². The summed E-state index contributed by atoms with van der Waals surface area (Å²) in [4.78, 5) is 29.5. The van der Waals surface area contributed by atoms with E-state index in [4.69, 9.17) is 10.5 Å². The first-order valence-electron chi connectivity index (χ1n) is 8.96. The number of para-hydroxylation sites is 1. The molecule has 0 aliphatic heterocycles. The summed E-state index contributed by atoms with van der Waals surface area (Å²) in [6.45, 7) is 3.39. The number of aromatic nitrogens is 1. The van der Waals surface area contributed by atoms with Gasteiger partial charge in [0, 0.05) is 10.1 Å². The molecule has 2 heterocycles. The van der Waals surface area contributed by atoms with Gasteiger partial charge in [-0.25, -0.2) is 4.98 Å². The topological polar surface area (TPSA) is 94.3 Å². The van der Waals surface area contributed by atoms with Gasteiger partial charge in [0.15, 0.2) is 5.75 Å². The number of fused-ring (bicyclic) bond motifs is 2. The number of primary amides is 1. The van der Waals surface area contributed by atoms with Gasteiger partial charge in [-0.3, -0.25) is 9.59 Å². The fraction of sp³-hybridized carbons (Fsp3) is 0.190. The molecule has 0 aliphatic carbocycles. The van der Waals surface area contributed by atoms with Crippen molar-refractivity contribution in [1.82, 2.24) is 10.3 Å². The van der Waals surface area contributed by atoms with Crippen LogP contribution >= 0.6 is 22.7 Å². The van der Waals surface area contributed by atoms with Crippen molar-refractivity contribution in [3.05, 3.63) is 58.4 Å². The number of ether oxygens (including phenoxy) is 1. The number of carbonyl (C=O) groups excluding carboxylic acids is 2. The Kier molecular flexibility index (Phi) is 4.97. The molecular weight excluding hydrogens is 406 g/mol. The number of hydrogen-bond acceptors (Lipinski definition) is 6. The molecule has 0 spiro atoms. The molecule has 2 aromatic carbocycles. The SMILES string of the molecule is CC(C)(NC(=O)c1sc2ccccc2c1OCc1nc2ccccc2s1)C(N)=O. The van der Waals surface area contributed by atoms with Crippen LogP contribution in [0.25, 0.3) is 20.3 Å². The number of carbonyl (C=O) groups is 2. The molecule has 2 amide bonds. The first kappa shape index (κ1) is 19.4. The van der Waals surface area contributed by atoms with Gasteiger partial charge in [0.25, 0.3) is 5.91 Å². The lowest BCUT2D eigenvalue weighted by Crippen LogP contribution is -2.52. The lowest BCUT2D eigenvalue weighted by atomic mass is 10.1. The smallest absolute Gasteiger partial charge is 0.266 e. The number of thiazole rings is 1. The van der Waals surface area contributed by atoms with Crippen molar-refractivity contribution in [3.8, 4) is 5.75 Å². The van der Waals surface area contributed by atoms with Crippen molar-refractivity contribution >= 4 is 54.8 Å². The third-order valence-electron chi connectivity index (χ3n) is 4.48. The molecule has 148 valence electrons. The highest BCUT2D eigenvalue weighted by Gasteiger charge is 2.30. The minimum Gasteiger partial charge on any atom is -0.484 e. The average Bonchev–Trinajstić information content (AvgIpc) is 3.26. The van der Waals surface area contributed by atoms with E-state index in [1.165, 1.54) is 11.3 Å². The fourth-order valence-electron chi connectivity index (χ4n) is 2.83. The maximum absolute atomic E-state index is 12.9. The molecular formula is C21H19N3O3S2. The Morgan fingerprint density at radius 2 is 1.76 bits per heavy atom. The second-order valence-electron chi connectivity index (χ2n) is 7.06. The van der Waals surface area contributed by atoms with Crippen molar-refractivity contribution in [3.63, 3.8) is 0 Å². The third-order valence-corrected chi connectivity index (χ3v) is 6.64. The number of thiophene rings is 1. The zero-order valence-electron chi connectivity index (χ0n) is 15.9. The van der Waals surface area contributed by atoms with Gasteiger partial charge in [-0.1, -0.05) is 24.3 Å². The van der Waals surface area contributed by atoms with Crippen LogP contribution in [0.5, 0.6) is 5.75 Å². The molecule has 0 aliphatic rings. The van der Waals surface area contributed by atoms with Crippen LogP contribution < -0.4 is 15.8 Å². The standard InChI is InChI=1S/C21H19N3O3S2/c1-21(2,20(22)26)24-19(25)18-17(12-7-3-5-9-14(12)29-18)27-11-16-23-13-8-4-6-10-15(13)28-16/h3-10H,11H2,1-2H3,(H2,22,26)(H,24,25). The van der Waals surface area contributed by atoms with E-state index in [9.17, 15) is 9.59 Å². The lowest BCUT2D eigenvalue weighted by Gasteiger charge is -2.22. The van der Waals surface area contributed by atoms with Crippen LogP contribution in [0.2, 0.25) is 0 Å². The Morgan fingerprint density at radius 3 is 2.48 bits per heavy atom. The van der Waals surface area contributed by atoms with E-state index in [2.05, 4.69) is 10.3 Å². The van der Waals surface area contributed by atoms with Crippen LogP contribution in [0, 0.1) is 0 Å². The Balaban J connectivity index is 1.66. The summed E-state index contributed by atoms with van der Waals surface area (Å²) in [5.41, 5.74) is 5.15. The van der Waals surface area contributed by atoms with E-state index >= 15 is 0 Å². The second kappa shape index (κ2) is 7.46. The predicted molar refractivity (Wildman–Crippen MR) is 117 cm³/mol. The summed E-state index contributed by atoms with van der Waals surface area (Å²) >= 11 is 2.88. The van der Waals surface area contributed by atoms with Crippen LogP contribution in [0.15, 0.2) is 48.5 Å². The molecule has 0 bridgehead atoms. The van der Waals surface area contributed by atoms with Crippen LogP contribution in [0.3, 0.4) is 0 Å². The largest absolute Gasteiger partial charge is 0.484 e. The van der Waals surface area contributed by atoms with Crippen LogP contribution in [0.1, 0.15) is 28.5 Å². The van der Waals surface area contributed by atoms with Gasteiger partial charge in [-0.2, -0.15) is 0 Å². The average molecular weight is 426 g/mol.